The molecule has 2 aliphatic heterocycles. The summed E-state index contributed by atoms with van der Waals surface area (Å²) in [5.74, 6) is 1.45. The van der Waals surface area contributed by atoms with E-state index in [9.17, 15) is 9.59 Å². The number of carbonyl (C=O) groups is 2. The van der Waals surface area contributed by atoms with E-state index in [0.29, 0.717) is 67.6 Å². The number of benzene rings is 1. The van der Waals surface area contributed by atoms with Crippen LogP contribution in [0.4, 0.5) is 10.6 Å². The zero-order valence-corrected chi connectivity index (χ0v) is 20.7. The largest absolute Gasteiger partial charge is 0.450 e. The third-order valence-corrected chi connectivity index (χ3v) is 6.77. The maximum atomic E-state index is 12.9. The maximum Gasteiger partial charge on any atom is 0.409 e. The minimum atomic E-state index is -0.322. The first-order valence-electron chi connectivity index (χ1n) is 11.3. The van der Waals surface area contributed by atoms with Crippen LogP contribution in [0.1, 0.15) is 22.8 Å². The Morgan fingerprint density at radius 1 is 1.03 bits per heavy atom. The van der Waals surface area contributed by atoms with Crippen molar-refractivity contribution in [2.24, 2.45) is 0 Å². The van der Waals surface area contributed by atoms with E-state index in [4.69, 9.17) is 21.1 Å². The topological polar surface area (TPSA) is 88.1 Å². The van der Waals surface area contributed by atoms with Crippen molar-refractivity contribution in [1.29, 1.82) is 0 Å². The first-order chi connectivity index (χ1) is 16.5. The molecule has 2 saturated heterocycles. The van der Waals surface area contributed by atoms with Crippen LogP contribution in [-0.2, 0) is 15.2 Å². The highest BCUT2D eigenvalue weighted by Gasteiger charge is 2.25. The molecule has 2 fully saturated rings. The monoisotopic (exact) mass is 505 g/mol. The SMILES string of the molecule is CCOC(=O)N1CCN(C(=O)c2ccc(CSc3nc(Cl)cc(N4CCOCC4)n3)cc2)CC1. The molecule has 1 aromatic carbocycles. The Labute approximate surface area is 208 Å². The van der Waals surface area contributed by atoms with Crippen molar-refractivity contribution in [3.05, 3.63) is 46.6 Å². The summed E-state index contributed by atoms with van der Waals surface area (Å²) in [6.07, 6.45) is -0.322. The molecule has 4 rings (SSSR count). The number of aromatic nitrogens is 2. The molecule has 2 aromatic rings. The summed E-state index contributed by atoms with van der Waals surface area (Å²) in [7, 11) is 0. The van der Waals surface area contributed by atoms with Gasteiger partial charge in [0.2, 0.25) is 0 Å². The summed E-state index contributed by atoms with van der Waals surface area (Å²) in [6.45, 7) is 6.99. The number of hydrogen-bond acceptors (Lipinski definition) is 8. The van der Waals surface area contributed by atoms with Gasteiger partial charge in [0, 0.05) is 56.7 Å². The molecule has 2 amide bonds. The number of morpholine rings is 1. The highest BCUT2D eigenvalue weighted by molar-refractivity contribution is 7.98. The van der Waals surface area contributed by atoms with Crippen LogP contribution in [-0.4, -0.2) is 90.9 Å². The molecule has 0 spiro atoms. The summed E-state index contributed by atoms with van der Waals surface area (Å²) in [6, 6.07) is 9.36. The van der Waals surface area contributed by atoms with Crippen LogP contribution in [0.25, 0.3) is 0 Å². The Balaban J connectivity index is 1.31. The molecule has 9 nitrogen and oxygen atoms in total. The van der Waals surface area contributed by atoms with E-state index >= 15 is 0 Å². The third-order valence-electron chi connectivity index (χ3n) is 5.66. The van der Waals surface area contributed by atoms with Gasteiger partial charge in [-0.3, -0.25) is 4.79 Å². The van der Waals surface area contributed by atoms with Gasteiger partial charge in [-0.05, 0) is 24.6 Å². The summed E-state index contributed by atoms with van der Waals surface area (Å²) < 4.78 is 10.4. The molecule has 0 unspecified atom stereocenters. The van der Waals surface area contributed by atoms with Crippen molar-refractivity contribution in [3.8, 4) is 0 Å². The average Bonchev–Trinajstić information content (AvgIpc) is 2.88. The van der Waals surface area contributed by atoms with E-state index in [1.807, 2.05) is 24.3 Å². The quantitative estimate of drug-likeness (QED) is 0.336. The van der Waals surface area contributed by atoms with Crippen molar-refractivity contribution < 1.29 is 19.1 Å². The minimum Gasteiger partial charge on any atom is -0.450 e. The maximum absolute atomic E-state index is 12.9. The van der Waals surface area contributed by atoms with Crippen LogP contribution in [0, 0.1) is 0 Å². The number of nitrogens with zero attached hydrogens (tertiary/aromatic N) is 5. The Kier molecular flexibility index (Phi) is 8.47. The van der Waals surface area contributed by atoms with Gasteiger partial charge < -0.3 is 24.2 Å². The lowest BCUT2D eigenvalue weighted by atomic mass is 10.1. The van der Waals surface area contributed by atoms with E-state index in [2.05, 4.69) is 14.9 Å². The molecule has 11 heteroatoms. The van der Waals surface area contributed by atoms with E-state index < -0.39 is 0 Å². The van der Waals surface area contributed by atoms with Gasteiger partial charge in [0.25, 0.3) is 5.91 Å². The fourth-order valence-electron chi connectivity index (χ4n) is 3.79. The Bertz CT molecular complexity index is 995. The van der Waals surface area contributed by atoms with Gasteiger partial charge >= 0.3 is 6.09 Å². The van der Waals surface area contributed by atoms with E-state index in [-0.39, 0.29) is 12.0 Å². The molecule has 0 saturated carbocycles. The van der Waals surface area contributed by atoms with Crippen molar-refractivity contribution in [2.45, 2.75) is 17.8 Å². The second kappa shape index (κ2) is 11.7. The second-order valence-corrected chi connectivity index (χ2v) is 9.22. The van der Waals surface area contributed by atoms with Crippen LogP contribution in [0.15, 0.2) is 35.5 Å². The smallest absolute Gasteiger partial charge is 0.409 e. The molecule has 1 aromatic heterocycles. The normalized spacial score (nSPS) is 16.5. The highest BCUT2D eigenvalue weighted by Crippen LogP contribution is 2.25. The molecule has 0 radical (unpaired) electrons. The summed E-state index contributed by atoms with van der Waals surface area (Å²) in [4.78, 5) is 39.2. The molecule has 182 valence electrons. The molecule has 3 heterocycles. The van der Waals surface area contributed by atoms with Crippen molar-refractivity contribution in [3.63, 3.8) is 0 Å². The number of thioether (sulfide) groups is 1. The molecule has 0 atom stereocenters. The van der Waals surface area contributed by atoms with Gasteiger partial charge in [0.1, 0.15) is 11.0 Å². The zero-order valence-electron chi connectivity index (χ0n) is 19.1. The standard InChI is InChI=1S/C23H28ClN5O4S/c1-2-33-23(31)29-9-7-28(8-10-29)21(30)18-5-3-17(4-6-18)16-34-22-25-19(24)15-20(26-22)27-11-13-32-14-12-27/h3-6,15H,2,7-14,16H2,1H3. The first-order valence-corrected chi connectivity index (χ1v) is 12.7. The fraction of sp³-hybridized carbons (Fsp3) is 0.478. The Morgan fingerprint density at radius 2 is 1.71 bits per heavy atom. The van der Waals surface area contributed by atoms with Crippen LogP contribution in [0.2, 0.25) is 5.15 Å². The molecule has 0 bridgehead atoms. The number of anilines is 1. The van der Waals surface area contributed by atoms with Gasteiger partial charge in [0.15, 0.2) is 5.16 Å². The van der Waals surface area contributed by atoms with Crippen LogP contribution in [0.5, 0.6) is 0 Å². The number of rotatable bonds is 6. The van der Waals surface area contributed by atoms with Crippen molar-refractivity contribution >= 4 is 41.2 Å². The molecular weight excluding hydrogens is 478 g/mol. The fourth-order valence-corrected chi connectivity index (χ4v) is 4.82. The lowest BCUT2D eigenvalue weighted by molar-refractivity contribution is 0.0570. The number of amides is 2. The molecule has 34 heavy (non-hydrogen) atoms. The van der Waals surface area contributed by atoms with Gasteiger partial charge in [-0.15, -0.1) is 0 Å². The number of ether oxygens (including phenoxy) is 2. The summed E-state index contributed by atoms with van der Waals surface area (Å²) >= 11 is 7.74. The predicted octanol–water partition coefficient (Wildman–Crippen LogP) is 3.17. The van der Waals surface area contributed by atoms with Crippen LogP contribution < -0.4 is 4.90 Å². The Hall–Kier alpha value is -2.56. The molecular formula is C23H28ClN5O4S. The third kappa shape index (κ3) is 6.31. The van der Waals surface area contributed by atoms with E-state index in [0.717, 1.165) is 24.5 Å². The lowest BCUT2D eigenvalue weighted by Crippen LogP contribution is -2.50. The first kappa shape index (κ1) is 24.6. The number of carbonyl (C=O) groups excluding carboxylic acids is 2. The molecule has 0 N–H and O–H groups in total. The summed E-state index contributed by atoms with van der Waals surface area (Å²) in [5, 5.41) is 1.04. The van der Waals surface area contributed by atoms with Crippen molar-refractivity contribution in [2.75, 3.05) is 64.0 Å². The highest BCUT2D eigenvalue weighted by atomic mass is 35.5. The van der Waals surface area contributed by atoms with Crippen LogP contribution >= 0.6 is 23.4 Å². The van der Waals surface area contributed by atoms with Crippen LogP contribution in [0.3, 0.4) is 0 Å². The number of hydrogen-bond donors (Lipinski definition) is 0. The van der Waals surface area contributed by atoms with Gasteiger partial charge in [0.05, 0.1) is 19.8 Å². The summed E-state index contributed by atoms with van der Waals surface area (Å²) in [5.41, 5.74) is 1.69. The van der Waals surface area contributed by atoms with E-state index in [1.54, 1.807) is 22.8 Å². The predicted molar refractivity (Wildman–Crippen MR) is 131 cm³/mol. The molecule has 2 aliphatic rings. The molecule has 0 aliphatic carbocycles. The average molecular weight is 506 g/mol. The zero-order chi connectivity index (χ0) is 23.9. The van der Waals surface area contributed by atoms with Crippen molar-refractivity contribution in [1.82, 2.24) is 19.8 Å². The van der Waals surface area contributed by atoms with Gasteiger partial charge in [-0.25, -0.2) is 14.8 Å². The number of piperazine rings is 1. The van der Waals surface area contributed by atoms with Gasteiger partial charge in [-0.1, -0.05) is 35.5 Å². The lowest BCUT2D eigenvalue weighted by Gasteiger charge is -2.34. The van der Waals surface area contributed by atoms with Gasteiger partial charge in [-0.2, -0.15) is 0 Å². The second-order valence-electron chi connectivity index (χ2n) is 7.89. The minimum absolute atomic E-state index is 0.0314. The number of halogens is 1. The van der Waals surface area contributed by atoms with E-state index in [1.165, 1.54) is 11.8 Å². The Morgan fingerprint density at radius 3 is 2.38 bits per heavy atom.